The molecular formula is C17H18N4O2S. The van der Waals surface area contributed by atoms with Gasteiger partial charge in [0.1, 0.15) is 5.82 Å². The quantitative estimate of drug-likeness (QED) is 0.503. The molecule has 3 rings (SSSR count). The molecule has 0 bridgehead atoms. The van der Waals surface area contributed by atoms with E-state index in [0.717, 1.165) is 16.9 Å². The standard InChI is InChI=1S/C17H18N4O2S/c1-9-7-14(18)21-17(19-9)24-10(2)16(23)12-3-5-13-11(8-12)4-6-15(22)20-13/h3,5,7-8,10H,4,6H2,1-2H3,(H,20,22)(H2,18,19,21)/t10-/m1/s1. The van der Waals surface area contributed by atoms with Gasteiger partial charge in [-0.25, -0.2) is 9.97 Å². The number of thioether (sulfide) groups is 1. The molecule has 1 aromatic carbocycles. The van der Waals surface area contributed by atoms with E-state index in [4.69, 9.17) is 5.73 Å². The predicted octanol–water partition coefficient (Wildman–Crippen LogP) is 2.62. The van der Waals surface area contributed by atoms with Crippen molar-refractivity contribution in [3.63, 3.8) is 0 Å². The van der Waals surface area contributed by atoms with Crippen molar-refractivity contribution < 1.29 is 9.59 Å². The van der Waals surface area contributed by atoms with Crippen molar-refractivity contribution in [3.05, 3.63) is 41.1 Å². The number of hydrogen-bond acceptors (Lipinski definition) is 6. The van der Waals surface area contributed by atoms with Gasteiger partial charge in [-0.3, -0.25) is 9.59 Å². The molecule has 7 heteroatoms. The highest BCUT2D eigenvalue weighted by molar-refractivity contribution is 8.00. The minimum Gasteiger partial charge on any atom is -0.384 e. The zero-order chi connectivity index (χ0) is 17.3. The Bertz CT molecular complexity index is 802. The molecule has 2 aromatic rings. The van der Waals surface area contributed by atoms with Crippen LogP contribution in [-0.4, -0.2) is 26.9 Å². The fraction of sp³-hybridized carbons (Fsp3) is 0.294. The number of nitrogens with one attached hydrogen (secondary N) is 1. The highest BCUT2D eigenvalue weighted by Gasteiger charge is 2.21. The Kier molecular flexibility index (Phi) is 4.53. The number of amides is 1. The number of benzene rings is 1. The third kappa shape index (κ3) is 3.56. The summed E-state index contributed by atoms with van der Waals surface area (Å²) < 4.78 is 0. The number of nitrogens with zero attached hydrogens (tertiary/aromatic N) is 2. The topological polar surface area (TPSA) is 98.0 Å². The summed E-state index contributed by atoms with van der Waals surface area (Å²) in [4.78, 5) is 32.5. The molecule has 2 heterocycles. The maximum Gasteiger partial charge on any atom is 0.224 e. The number of aromatic nitrogens is 2. The van der Waals surface area contributed by atoms with Crippen LogP contribution in [0.1, 0.15) is 35.0 Å². The first kappa shape index (κ1) is 16.4. The van der Waals surface area contributed by atoms with E-state index in [1.165, 1.54) is 11.8 Å². The number of aryl methyl sites for hydroxylation is 2. The molecule has 0 spiro atoms. The number of anilines is 2. The Morgan fingerprint density at radius 1 is 1.29 bits per heavy atom. The average molecular weight is 342 g/mol. The summed E-state index contributed by atoms with van der Waals surface area (Å²) in [5, 5.41) is 2.99. The maximum absolute atomic E-state index is 12.7. The third-order valence-electron chi connectivity index (χ3n) is 3.79. The van der Waals surface area contributed by atoms with E-state index in [-0.39, 0.29) is 16.9 Å². The summed E-state index contributed by atoms with van der Waals surface area (Å²) in [5.41, 5.74) is 8.91. The second-order valence-corrected chi connectivity index (χ2v) is 7.07. The van der Waals surface area contributed by atoms with Crippen molar-refractivity contribution in [2.24, 2.45) is 0 Å². The molecule has 0 saturated heterocycles. The fourth-order valence-electron chi connectivity index (χ4n) is 2.60. The molecule has 1 aromatic heterocycles. The normalized spacial score (nSPS) is 14.7. The van der Waals surface area contributed by atoms with Gasteiger partial charge in [0, 0.05) is 29.4 Å². The fourth-order valence-corrected chi connectivity index (χ4v) is 3.51. The summed E-state index contributed by atoms with van der Waals surface area (Å²) in [5.74, 6) is 0.414. The molecule has 1 aliphatic rings. The molecule has 124 valence electrons. The SMILES string of the molecule is Cc1cc(N)nc(S[C@H](C)C(=O)c2ccc3c(c2)CCC(=O)N3)n1. The number of carbonyl (C=O) groups excluding carboxylic acids is 2. The molecule has 24 heavy (non-hydrogen) atoms. The Hall–Kier alpha value is -2.41. The van der Waals surface area contributed by atoms with Crippen LogP contribution in [0.25, 0.3) is 0 Å². The van der Waals surface area contributed by atoms with Crippen molar-refractivity contribution >= 4 is 35.0 Å². The van der Waals surface area contributed by atoms with Crippen LogP contribution in [0.3, 0.4) is 0 Å². The zero-order valence-corrected chi connectivity index (χ0v) is 14.3. The summed E-state index contributed by atoms with van der Waals surface area (Å²) in [7, 11) is 0. The van der Waals surface area contributed by atoms with Crippen molar-refractivity contribution in [2.75, 3.05) is 11.1 Å². The zero-order valence-electron chi connectivity index (χ0n) is 13.5. The second kappa shape index (κ2) is 6.60. The Labute approximate surface area is 144 Å². The van der Waals surface area contributed by atoms with E-state index in [1.807, 2.05) is 19.9 Å². The van der Waals surface area contributed by atoms with Gasteiger partial charge in [0.2, 0.25) is 5.91 Å². The minimum absolute atomic E-state index is 0.00313. The third-order valence-corrected chi connectivity index (χ3v) is 4.75. The molecule has 0 fully saturated rings. The molecule has 1 atom stereocenters. The highest BCUT2D eigenvalue weighted by Crippen LogP contribution is 2.27. The number of nitrogen functional groups attached to an aromatic ring is 1. The van der Waals surface area contributed by atoms with Gasteiger partial charge in [-0.05, 0) is 44.0 Å². The van der Waals surface area contributed by atoms with Crippen molar-refractivity contribution in [2.45, 2.75) is 37.1 Å². The van der Waals surface area contributed by atoms with Gasteiger partial charge in [0.05, 0.1) is 5.25 Å². The number of ketones is 1. The summed E-state index contributed by atoms with van der Waals surface area (Å²) in [6.45, 7) is 3.67. The van der Waals surface area contributed by atoms with Crippen LogP contribution in [0.15, 0.2) is 29.4 Å². The average Bonchev–Trinajstić information content (AvgIpc) is 2.52. The van der Waals surface area contributed by atoms with Crippen LogP contribution in [-0.2, 0) is 11.2 Å². The predicted molar refractivity (Wildman–Crippen MR) is 94.2 cm³/mol. The van der Waals surface area contributed by atoms with E-state index in [0.29, 0.717) is 29.4 Å². The van der Waals surface area contributed by atoms with E-state index in [9.17, 15) is 9.59 Å². The van der Waals surface area contributed by atoms with E-state index < -0.39 is 0 Å². The highest BCUT2D eigenvalue weighted by atomic mass is 32.2. The van der Waals surface area contributed by atoms with Crippen molar-refractivity contribution in [3.8, 4) is 0 Å². The molecule has 6 nitrogen and oxygen atoms in total. The monoisotopic (exact) mass is 342 g/mol. The van der Waals surface area contributed by atoms with Gasteiger partial charge in [-0.1, -0.05) is 11.8 Å². The first-order chi connectivity index (χ1) is 11.4. The van der Waals surface area contributed by atoms with Crippen LogP contribution >= 0.6 is 11.8 Å². The number of nitrogens with two attached hydrogens (primary N) is 1. The summed E-state index contributed by atoms with van der Waals surface area (Å²) in [6.07, 6.45) is 1.10. The lowest BCUT2D eigenvalue weighted by atomic mass is 9.98. The largest absolute Gasteiger partial charge is 0.384 e. The number of fused-ring (bicyclic) bond motifs is 1. The molecule has 0 saturated carbocycles. The minimum atomic E-state index is -0.331. The number of carbonyl (C=O) groups is 2. The lowest BCUT2D eigenvalue weighted by Gasteiger charge is -2.18. The molecular weight excluding hydrogens is 324 g/mol. The lowest BCUT2D eigenvalue weighted by Crippen LogP contribution is -2.20. The number of hydrogen-bond donors (Lipinski definition) is 2. The molecule has 1 amide bonds. The molecule has 0 radical (unpaired) electrons. The smallest absolute Gasteiger partial charge is 0.224 e. The van der Waals surface area contributed by atoms with Gasteiger partial charge in [-0.15, -0.1) is 0 Å². The first-order valence-electron chi connectivity index (χ1n) is 7.67. The molecule has 1 aliphatic heterocycles. The van der Waals surface area contributed by atoms with Gasteiger partial charge in [0.25, 0.3) is 0 Å². The Morgan fingerprint density at radius 3 is 2.83 bits per heavy atom. The van der Waals surface area contributed by atoms with Crippen LogP contribution in [0.2, 0.25) is 0 Å². The summed E-state index contributed by atoms with van der Waals surface area (Å²) in [6, 6.07) is 7.08. The van der Waals surface area contributed by atoms with Gasteiger partial charge < -0.3 is 11.1 Å². The number of Topliss-reactive ketones (excluding diaryl/α,β-unsaturated/α-hetero) is 1. The molecule has 3 N–H and O–H groups in total. The van der Waals surface area contributed by atoms with Crippen molar-refractivity contribution in [1.82, 2.24) is 9.97 Å². The van der Waals surface area contributed by atoms with Gasteiger partial charge in [0.15, 0.2) is 10.9 Å². The molecule has 0 aliphatic carbocycles. The second-order valence-electron chi connectivity index (χ2n) is 5.76. The van der Waals surface area contributed by atoms with Gasteiger partial charge in [-0.2, -0.15) is 0 Å². The Morgan fingerprint density at radius 2 is 2.08 bits per heavy atom. The van der Waals surface area contributed by atoms with Crippen molar-refractivity contribution in [1.29, 1.82) is 0 Å². The first-order valence-corrected chi connectivity index (χ1v) is 8.55. The molecule has 0 unspecified atom stereocenters. The number of rotatable bonds is 4. The lowest BCUT2D eigenvalue weighted by molar-refractivity contribution is -0.116. The van der Waals surface area contributed by atoms with Crippen LogP contribution < -0.4 is 11.1 Å². The Balaban J connectivity index is 1.77. The van der Waals surface area contributed by atoms with E-state index in [2.05, 4.69) is 15.3 Å². The van der Waals surface area contributed by atoms with Crippen LogP contribution in [0.4, 0.5) is 11.5 Å². The van der Waals surface area contributed by atoms with Gasteiger partial charge >= 0.3 is 0 Å². The van der Waals surface area contributed by atoms with E-state index in [1.54, 1.807) is 18.2 Å². The maximum atomic E-state index is 12.7. The van der Waals surface area contributed by atoms with Crippen LogP contribution in [0.5, 0.6) is 0 Å². The van der Waals surface area contributed by atoms with Crippen LogP contribution in [0, 0.1) is 6.92 Å². The van der Waals surface area contributed by atoms with E-state index >= 15 is 0 Å². The summed E-state index contributed by atoms with van der Waals surface area (Å²) >= 11 is 1.29.